The number of hydrogen-bond acceptors (Lipinski definition) is 2. The quantitative estimate of drug-likeness (QED) is 0.694. The first-order chi connectivity index (χ1) is 5.69. The molecule has 2 nitrogen and oxygen atoms in total. The van der Waals surface area contributed by atoms with E-state index in [-0.39, 0.29) is 5.24 Å². The lowest BCUT2D eigenvalue weighted by Crippen LogP contribution is -2.10. The van der Waals surface area contributed by atoms with Crippen LogP contribution < -0.4 is 0 Å². The highest BCUT2D eigenvalue weighted by Gasteiger charge is 2.29. The summed E-state index contributed by atoms with van der Waals surface area (Å²) in [5, 5.41) is -1.65. The van der Waals surface area contributed by atoms with Crippen molar-refractivity contribution >= 4 is 33.7 Å². The third kappa shape index (κ3) is 24.5. The zero-order valence-electron chi connectivity index (χ0n) is 6.62. The van der Waals surface area contributed by atoms with Crippen LogP contribution in [-0.2, 0) is 9.59 Å². The second-order valence-electron chi connectivity index (χ2n) is 1.86. The Hall–Kier alpha value is -0.290. The third-order valence-corrected chi connectivity index (χ3v) is 1.02. The van der Waals surface area contributed by atoms with Crippen molar-refractivity contribution in [2.24, 2.45) is 0 Å². The van der Waals surface area contributed by atoms with Crippen LogP contribution in [-0.4, -0.2) is 16.7 Å². The van der Waals surface area contributed by atoms with Crippen molar-refractivity contribution in [1.82, 2.24) is 0 Å². The maximum atomic E-state index is 11.0. The van der Waals surface area contributed by atoms with Crippen LogP contribution in [0.2, 0.25) is 0 Å². The summed E-state index contributed by atoms with van der Waals surface area (Å²) in [5.74, 6) is 0. The molecule has 0 unspecified atom stereocenters. The molecular formula is C6H7Cl2F3O2. The van der Waals surface area contributed by atoms with E-state index < -0.39 is 17.8 Å². The zero-order chi connectivity index (χ0) is 11.1. The zero-order valence-corrected chi connectivity index (χ0v) is 8.13. The minimum Gasteiger partial charge on any atom is -0.281 e. The van der Waals surface area contributed by atoms with Gasteiger partial charge in [0.15, 0.2) is 0 Å². The first kappa shape index (κ1) is 15.2. The molecule has 0 aliphatic rings. The van der Waals surface area contributed by atoms with Crippen LogP contribution in [0.1, 0.15) is 19.8 Å². The maximum Gasteiger partial charge on any atom is 0.397 e. The van der Waals surface area contributed by atoms with Crippen molar-refractivity contribution in [2.75, 3.05) is 0 Å². The smallest absolute Gasteiger partial charge is 0.281 e. The molecular weight excluding hydrogens is 232 g/mol. The average Bonchev–Trinajstić information content (AvgIpc) is 1.83. The van der Waals surface area contributed by atoms with Crippen LogP contribution in [0, 0.1) is 0 Å². The van der Waals surface area contributed by atoms with Gasteiger partial charge in [-0.05, 0) is 23.2 Å². The predicted molar refractivity (Wildman–Crippen MR) is 42.7 cm³/mol. The van der Waals surface area contributed by atoms with Crippen LogP contribution in [0.25, 0.3) is 0 Å². The van der Waals surface area contributed by atoms with Crippen molar-refractivity contribution < 1.29 is 22.8 Å². The van der Waals surface area contributed by atoms with Crippen LogP contribution in [0.3, 0.4) is 0 Å². The Balaban J connectivity index is 0. The molecule has 0 bridgehead atoms. The fourth-order valence-corrected chi connectivity index (χ4v) is 0.309. The lowest BCUT2D eigenvalue weighted by atomic mass is 10.5. The highest BCUT2D eigenvalue weighted by Crippen LogP contribution is 2.20. The van der Waals surface area contributed by atoms with Crippen LogP contribution in [0.5, 0.6) is 0 Å². The van der Waals surface area contributed by atoms with Gasteiger partial charge in [-0.2, -0.15) is 13.2 Å². The monoisotopic (exact) mass is 238 g/mol. The molecule has 0 amide bonds. The van der Waals surface area contributed by atoms with E-state index in [0.717, 1.165) is 0 Å². The SMILES string of the molecule is CCC(=O)Cl.O=C(Cl)CC(F)(F)F. The Morgan fingerprint density at radius 2 is 1.46 bits per heavy atom. The maximum absolute atomic E-state index is 11.0. The molecule has 0 heterocycles. The number of halogens is 5. The number of carbonyl (C=O) groups excluding carboxylic acids is 2. The Bertz CT molecular complexity index is 179. The summed E-state index contributed by atoms with van der Waals surface area (Å²) in [5.41, 5.74) is 0. The van der Waals surface area contributed by atoms with E-state index in [4.69, 9.17) is 11.6 Å². The van der Waals surface area contributed by atoms with Crippen molar-refractivity contribution in [2.45, 2.75) is 25.9 Å². The average molecular weight is 239 g/mol. The van der Waals surface area contributed by atoms with Gasteiger partial charge in [0.2, 0.25) is 10.5 Å². The fourth-order valence-electron chi connectivity index (χ4n) is 0.158. The standard InChI is InChI=1S/C3H2ClF3O.C3H5ClO/c4-2(8)1-3(5,6)7;1-2-3(4)5/h1H2;2H2,1H3. The highest BCUT2D eigenvalue weighted by molar-refractivity contribution is 6.63. The number of alkyl halides is 3. The normalized spacial score (nSPS) is 10.0. The van der Waals surface area contributed by atoms with E-state index in [9.17, 15) is 22.8 Å². The Labute approximate surface area is 83.0 Å². The van der Waals surface area contributed by atoms with Gasteiger partial charge in [-0.1, -0.05) is 6.92 Å². The molecule has 0 N–H and O–H groups in total. The van der Waals surface area contributed by atoms with Gasteiger partial charge in [0.05, 0.1) is 0 Å². The molecule has 13 heavy (non-hydrogen) atoms. The first-order valence-electron chi connectivity index (χ1n) is 3.12. The Kier molecular flexibility index (Phi) is 8.35. The van der Waals surface area contributed by atoms with Gasteiger partial charge in [-0.25, -0.2) is 0 Å². The van der Waals surface area contributed by atoms with Gasteiger partial charge in [-0.3, -0.25) is 9.59 Å². The van der Waals surface area contributed by atoms with Gasteiger partial charge in [0.25, 0.3) is 0 Å². The van der Waals surface area contributed by atoms with E-state index in [1.165, 1.54) is 0 Å². The minimum absolute atomic E-state index is 0.273. The summed E-state index contributed by atoms with van der Waals surface area (Å²) < 4.78 is 33.0. The fraction of sp³-hybridized carbons (Fsp3) is 0.667. The van der Waals surface area contributed by atoms with Gasteiger partial charge in [-0.15, -0.1) is 0 Å². The summed E-state index contributed by atoms with van der Waals surface area (Å²) in [4.78, 5) is 19.1. The highest BCUT2D eigenvalue weighted by atomic mass is 35.5. The molecule has 0 aliphatic carbocycles. The summed E-state index contributed by atoms with van der Waals surface area (Å²) >= 11 is 9.23. The molecule has 0 spiro atoms. The molecule has 0 aromatic carbocycles. The molecule has 0 saturated carbocycles. The first-order valence-corrected chi connectivity index (χ1v) is 3.88. The van der Waals surface area contributed by atoms with Crippen LogP contribution in [0.15, 0.2) is 0 Å². The van der Waals surface area contributed by atoms with Crippen LogP contribution in [0.4, 0.5) is 13.2 Å². The van der Waals surface area contributed by atoms with E-state index in [0.29, 0.717) is 6.42 Å². The third-order valence-electron chi connectivity index (χ3n) is 0.617. The Morgan fingerprint density at radius 3 is 1.46 bits per heavy atom. The number of hydrogen-bond donors (Lipinski definition) is 0. The molecule has 7 heteroatoms. The summed E-state index contributed by atoms with van der Waals surface area (Å²) in [6.45, 7) is 1.72. The van der Waals surface area contributed by atoms with Gasteiger partial charge in [0.1, 0.15) is 6.42 Å². The second kappa shape index (κ2) is 7.15. The van der Waals surface area contributed by atoms with Gasteiger partial charge in [0, 0.05) is 6.42 Å². The van der Waals surface area contributed by atoms with Gasteiger partial charge < -0.3 is 0 Å². The van der Waals surface area contributed by atoms with Crippen molar-refractivity contribution in [1.29, 1.82) is 0 Å². The van der Waals surface area contributed by atoms with E-state index in [1.807, 2.05) is 0 Å². The van der Waals surface area contributed by atoms with Crippen molar-refractivity contribution in [3.63, 3.8) is 0 Å². The van der Waals surface area contributed by atoms with Crippen molar-refractivity contribution in [3.8, 4) is 0 Å². The molecule has 0 aliphatic heterocycles. The lowest BCUT2D eigenvalue weighted by Gasteiger charge is -1.98. The van der Waals surface area contributed by atoms with E-state index >= 15 is 0 Å². The second-order valence-corrected chi connectivity index (χ2v) is 2.70. The molecule has 0 radical (unpaired) electrons. The number of carbonyl (C=O) groups is 2. The van der Waals surface area contributed by atoms with Gasteiger partial charge >= 0.3 is 6.18 Å². The topological polar surface area (TPSA) is 34.1 Å². The summed E-state index contributed by atoms with van der Waals surface area (Å²) in [6.07, 6.45) is -5.57. The van der Waals surface area contributed by atoms with E-state index in [2.05, 4.69) is 11.6 Å². The molecule has 0 aromatic rings. The molecule has 0 rings (SSSR count). The van der Waals surface area contributed by atoms with Crippen LogP contribution >= 0.6 is 23.2 Å². The molecule has 0 atom stereocenters. The van der Waals surface area contributed by atoms with Crippen molar-refractivity contribution in [3.05, 3.63) is 0 Å². The summed E-state index contributed by atoms with van der Waals surface area (Å²) in [6, 6.07) is 0. The molecule has 0 aromatic heterocycles. The van der Waals surface area contributed by atoms with E-state index in [1.54, 1.807) is 6.92 Å². The minimum atomic E-state index is -4.46. The Morgan fingerprint density at radius 1 is 1.15 bits per heavy atom. The number of rotatable bonds is 2. The largest absolute Gasteiger partial charge is 0.397 e. The predicted octanol–water partition coefficient (Wildman–Crippen LogP) is 2.87. The summed E-state index contributed by atoms with van der Waals surface area (Å²) in [7, 11) is 0. The molecule has 0 saturated heterocycles. The molecule has 0 fully saturated rings. The molecule has 78 valence electrons. The lowest BCUT2D eigenvalue weighted by molar-refractivity contribution is -0.146.